The summed E-state index contributed by atoms with van der Waals surface area (Å²) in [7, 11) is 1.68. The molecule has 0 saturated heterocycles. The molecule has 0 radical (unpaired) electrons. The summed E-state index contributed by atoms with van der Waals surface area (Å²) in [4.78, 5) is 0. The molecule has 0 aliphatic carbocycles. The van der Waals surface area contributed by atoms with Crippen LogP contribution in [0, 0.1) is 13.8 Å². The standard InChI is InChI=1S/C14H24N2O2/c1-6-18-11(4)14(16-15)13-10(3)7-9(2)8-12(13)17-5/h7-8,11,14,16H,6,15H2,1-5H3. The normalized spacial score (nSPS) is 14.3. The predicted octanol–water partition coefficient (Wildman–Crippen LogP) is 2.24. The van der Waals surface area contributed by atoms with Crippen LogP contribution in [0.3, 0.4) is 0 Å². The Hall–Kier alpha value is -1.10. The third-order valence-electron chi connectivity index (χ3n) is 3.10. The number of hydrogen-bond donors (Lipinski definition) is 2. The second-order valence-corrected chi connectivity index (χ2v) is 4.50. The van der Waals surface area contributed by atoms with Gasteiger partial charge in [-0.1, -0.05) is 6.07 Å². The van der Waals surface area contributed by atoms with Crippen LogP contribution >= 0.6 is 0 Å². The van der Waals surface area contributed by atoms with Gasteiger partial charge in [0.15, 0.2) is 0 Å². The molecule has 0 amide bonds. The van der Waals surface area contributed by atoms with Crippen molar-refractivity contribution in [3.05, 3.63) is 28.8 Å². The van der Waals surface area contributed by atoms with E-state index in [1.165, 1.54) is 5.56 Å². The molecular weight excluding hydrogens is 228 g/mol. The molecule has 0 fully saturated rings. The highest BCUT2D eigenvalue weighted by molar-refractivity contribution is 5.45. The minimum absolute atomic E-state index is 0.0182. The van der Waals surface area contributed by atoms with Crippen molar-refractivity contribution in [3.63, 3.8) is 0 Å². The molecule has 4 nitrogen and oxygen atoms in total. The molecule has 4 heteroatoms. The van der Waals surface area contributed by atoms with Crippen LogP contribution in [-0.2, 0) is 4.74 Å². The second kappa shape index (κ2) is 6.73. The van der Waals surface area contributed by atoms with Gasteiger partial charge < -0.3 is 9.47 Å². The van der Waals surface area contributed by atoms with Gasteiger partial charge in [0.25, 0.3) is 0 Å². The number of aryl methyl sites for hydroxylation is 2. The average molecular weight is 252 g/mol. The highest BCUT2D eigenvalue weighted by Crippen LogP contribution is 2.32. The third-order valence-corrected chi connectivity index (χ3v) is 3.10. The number of methoxy groups -OCH3 is 1. The van der Waals surface area contributed by atoms with E-state index in [0.717, 1.165) is 16.9 Å². The maximum atomic E-state index is 5.68. The topological polar surface area (TPSA) is 56.5 Å². The molecule has 2 atom stereocenters. The van der Waals surface area contributed by atoms with Gasteiger partial charge in [0.05, 0.1) is 19.3 Å². The number of ether oxygens (including phenoxy) is 2. The Kier molecular flexibility index (Phi) is 5.59. The van der Waals surface area contributed by atoms with Gasteiger partial charge in [-0.3, -0.25) is 11.3 Å². The molecule has 1 aromatic rings. The zero-order chi connectivity index (χ0) is 13.7. The first-order valence-electron chi connectivity index (χ1n) is 6.28. The van der Waals surface area contributed by atoms with Crippen molar-refractivity contribution in [3.8, 4) is 5.75 Å². The zero-order valence-electron chi connectivity index (χ0n) is 11.9. The number of hydrazine groups is 1. The number of nitrogens with two attached hydrogens (primary N) is 1. The molecule has 0 aliphatic heterocycles. The fourth-order valence-corrected chi connectivity index (χ4v) is 2.32. The third kappa shape index (κ3) is 3.22. The lowest BCUT2D eigenvalue weighted by Crippen LogP contribution is -2.37. The first kappa shape index (κ1) is 15.0. The molecule has 0 bridgehead atoms. The van der Waals surface area contributed by atoms with E-state index in [0.29, 0.717) is 6.61 Å². The highest BCUT2D eigenvalue weighted by Gasteiger charge is 2.23. The number of rotatable bonds is 6. The van der Waals surface area contributed by atoms with Gasteiger partial charge >= 0.3 is 0 Å². The Morgan fingerprint density at radius 2 is 2.00 bits per heavy atom. The molecule has 0 aliphatic rings. The van der Waals surface area contributed by atoms with E-state index >= 15 is 0 Å². The monoisotopic (exact) mass is 252 g/mol. The van der Waals surface area contributed by atoms with Gasteiger partial charge in [-0.2, -0.15) is 0 Å². The van der Waals surface area contributed by atoms with Crippen LogP contribution < -0.4 is 16.0 Å². The number of nitrogens with one attached hydrogen (secondary N) is 1. The Bertz CT molecular complexity index is 394. The van der Waals surface area contributed by atoms with Gasteiger partial charge in [0.2, 0.25) is 0 Å². The highest BCUT2D eigenvalue weighted by atomic mass is 16.5. The van der Waals surface area contributed by atoms with E-state index in [1.807, 2.05) is 19.9 Å². The Labute approximate surface area is 109 Å². The van der Waals surface area contributed by atoms with Crippen LogP contribution in [0.2, 0.25) is 0 Å². The van der Waals surface area contributed by atoms with Crippen molar-refractivity contribution >= 4 is 0 Å². The lowest BCUT2D eigenvalue weighted by atomic mass is 9.95. The molecule has 1 aromatic carbocycles. The van der Waals surface area contributed by atoms with Gasteiger partial charge in [-0.05, 0) is 44.9 Å². The SMILES string of the molecule is CCOC(C)C(NN)c1c(C)cc(C)cc1OC. The minimum Gasteiger partial charge on any atom is -0.496 e. The van der Waals surface area contributed by atoms with E-state index in [2.05, 4.69) is 25.3 Å². The minimum atomic E-state index is -0.0829. The quantitative estimate of drug-likeness (QED) is 0.602. The summed E-state index contributed by atoms with van der Waals surface area (Å²) >= 11 is 0. The van der Waals surface area contributed by atoms with Crippen molar-refractivity contribution in [1.29, 1.82) is 0 Å². The molecule has 0 saturated carbocycles. The Morgan fingerprint density at radius 3 is 2.50 bits per heavy atom. The van der Waals surface area contributed by atoms with Crippen LogP contribution in [0.25, 0.3) is 0 Å². The van der Waals surface area contributed by atoms with Gasteiger partial charge in [-0.25, -0.2) is 0 Å². The second-order valence-electron chi connectivity index (χ2n) is 4.50. The lowest BCUT2D eigenvalue weighted by molar-refractivity contribution is 0.0464. The van der Waals surface area contributed by atoms with E-state index < -0.39 is 0 Å². The molecule has 18 heavy (non-hydrogen) atoms. The zero-order valence-corrected chi connectivity index (χ0v) is 11.9. The van der Waals surface area contributed by atoms with Crippen LogP contribution in [-0.4, -0.2) is 19.8 Å². The van der Waals surface area contributed by atoms with Crippen molar-refractivity contribution in [1.82, 2.24) is 5.43 Å². The molecular formula is C14H24N2O2. The van der Waals surface area contributed by atoms with Crippen LogP contribution in [0.5, 0.6) is 5.75 Å². The molecule has 0 aromatic heterocycles. The first-order valence-corrected chi connectivity index (χ1v) is 6.28. The molecule has 0 spiro atoms. The molecule has 2 unspecified atom stereocenters. The van der Waals surface area contributed by atoms with E-state index in [4.69, 9.17) is 15.3 Å². The summed E-state index contributed by atoms with van der Waals surface area (Å²) < 4.78 is 11.1. The predicted molar refractivity (Wildman–Crippen MR) is 73.6 cm³/mol. The van der Waals surface area contributed by atoms with E-state index in [1.54, 1.807) is 7.11 Å². The molecule has 1 rings (SSSR count). The number of hydrogen-bond acceptors (Lipinski definition) is 4. The van der Waals surface area contributed by atoms with Gasteiger partial charge in [-0.15, -0.1) is 0 Å². The summed E-state index contributed by atoms with van der Waals surface area (Å²) in [5.74, 6) is 6.53. The molecule has 102 valence electrons. The Morgan fingerprint density at radius 1 is 1.33 bits per heavy atom. The smallest absolute Gasteiger partial charge is 0.124 e. The summed E-state index contributed by atoms with van der Waals surface area (Å²) in [6.07, 6.45) is -0.0182. The lowest BCUT2D eigenvalue weighted by Gasteiger charge is -2.27. The van der Waals surface area contributed by atoms with E-state index in [-0.39, 0.29) is 12.1 Å². The summed E-state index contributed by atoms with van der Waals surface area (Å²) in [5, 5.41) is 0. The maximum absolute atomic E-state index is 5.68. The van der Waals surface area contributed by atoms with Crippen LogP contribution in [0.1, 0.15) is 36.6 Å². The largest absolute Gasteiger partial charge is 0.496 e. The maximum Gasteiger partial charge on any atom is 0.124 e. The Balaban J connectivity index is 3.19. The average Bonchev–Trinajstić information content (AvgIpc) is 2.32. The number of benzene rings is 1. The molecule has 3 N–H and O–H groups in total. The molecule has 0 heterocycles. The van der Waals surface area contributed by atoms with Crippen LogP contribution in [0.4, 0.5) is 0 Å². The van der Waals surface area contributed by atoms with Gasteiger partial charge in [0.1, 0.15) is 5.75 Å². The fourth-order valence-electron chi connectivity index (χ4n) is 2.32. The summed E-state index contributed by atoms with van der Waals surface area (Å²) in [6, 6.07) is 4.06. The van der Waals surface area contributed by atoms with Crippen molar-refractivity contribution in [2.75, 3.05) is 13.7 Å². The first-order chi connectivity index (χ1) is 8.54. The van der Waals surface area contributed by atoms with Crippen molar-refractivity contribution < 1.29 is 9.47 Å². The fraction of sp³-hybridized carbons (Fsp3) is 0.571. The van der Waals surface area contributed by atoms with Gasteiger partial charge in [0, 0.05) is 12.2 Å². The van der Waals surface area contributed by atoms with E-state index in [9.17, 15) is 0 Å². The van der Waals surface area contributed by atoms with Crippen LogP contribution in [0.15, 0.2) is 12.1 Å². The van der Waals surface area contributed by atoms with Crippen molar-refractivity contribution in [2.45, 2.75) is 39.8 Å². The summed E-state index contributed by atoms with van der Waals surface area (Å²) in [5.41, 5.74) is 6.22. The summed E-state index contributed by atoms with van der Waals surface area (Å²) in [6.45, 7) is 8.76. The van der Waals surface area contributed by atoms with Crippen molar-refractivity contribution in [2.24, 2.45) is 5.84 Å².